The van der Waals surface area contributed by atoms with Gasteiger partial charge < -0.3 is 10.2 Å². The van der Waals surface area contributed by atoms with Crippen molar-refractivity contribution < 1.29 is 14.0 Å². The van der Waals surface area contributed by atoms with Gasteiger partial charge in [0.25, 0.3) is 0 Å². The first kappa shape index (κ1) is 20.8. The predicted molar refractivity (Wildman–Crippen MR) is 121 cm³/mol. The number of hydrogen-bond acceptors (Lipinski definition) is 3. The molecule has 1 aliphatic heterocycles. The van der Waals surface area contributed by atoms with Gasteiger partial charge in [0.15, 0.2) is 0 Å². The fraction of sp³-hybridized carbons (Fsp3) is 0.125. The Morgan fingerprint density at radius 2 is 1.87 bits per heavy atom. The minimum atomic E-state index is -0.362. The average molecular weight is 436 g/mol. The average Bonchev–Trinajstić information content (AvgIpc) is 2.88. The molecule has 156 valence electrons. The molecule has 0 atom stereocenters. The molecule has 0 unspecified atom stereocenters. The summed E-state index contributed by atoms with van der Waals surface area (Å²) < 4.78 is 13.3. The van der Waals surface area contributed by atoms with Gasteiger partial charge in [0.1, 0.15) is 12.4 Å². The highest BCUT2D eigenvalue weighted by atomic mass is 35.5. The van der Waals surface area contributed by atoms with Crippen LogP contribution < -0.4 is 10.2 Å². The SMILES string of the molecule is Cc1ccc(Cl)cc1NC(=O)CN1C(=O)CC(c2ccc(F)cc2)=Nc2ccccc21. The number of hydrogen-bond donors (Lipinski definition) is 1. The summed E-state index contributed by atoms with van der Waals surface area (Å²) in [5.74, 6) is -0.982. The van der Waals surface area contributed by atoms with Crippen LogP contribution in [0.5, 0.6) is 0 Å². The molecule has 0 fully saturated rings. The number of aliphatic imine (C=N–C) groups is 1. The van der Waals surface area contributed by atoms with Gasteiger partial charge in [-0.2, -0.15) is 0 Å². The second-order valence-corrected chi connectivity index (χ2v) is 7.65. The predicted octanol–water partition coefficient (Wildman–Crippen LogP) is 5.28. The molecule has 1 heterocycles. The third-order valence-corrected chi connectivity index (χ3v) is 5.24. The Bertz CT molecular complexity index is 1190. The van der Waals surface area contributed by atoms with Crippen LogP contribution >= 0.6 is 11.6 Å². The number of halogens is 2. The van der Waals surface area contributed by atoms with E-state index in [1.54, 1.807) is 42.5 Å². The second kappa shape index (κ2) is 8.70. The van der Waals surface area contributed by atoms with E-state index in [0.717, 1.165) is 5.56 Å². The summed E-state index contributed by atoms with van der Waals surface area (Å²) in [7, 11) is 0. The van der Waals surface area contributed by atoms with Crippen LogP contribution in [0.25, 0.3) is 0 Å². The van der Waals surface area contributed by atoms with Gasteiger partial charge in [0, 0.05) is 10.7 Å². The van der Waals surface area contributed by atoms with Crippen LogP contribution in [-0.2, 0) is 9.59 Å². The van der Waals surface area contributed by atoms with E-state index in [1.165, 1.54) is 17.0 Å². The van der Waals surface area contributed by atoms with Crippen LogP contribution in [0, 0.1) is 12.7 Å². The first-order chi connectivity index (χ1) is 14.9. The van der Waals surface area contributed by atoms with Crippen molar-refractivity contribution in [2.24, 2.45) is 4.99 Å². The topological polar surface area (TPSA) is 61.8 Å². The zero-order chi connectivity index (χ0) is 22.0. The highest BCUT2D eigenvalue weighted by molar-refractivity contribution is 6.31. The first-order valence-corrected chi connectivity index (χ1v) is 10.1. The van der Waals surface area contributed by atoms with E-state index in [1.807, 2.05) is 19.1 Å². The highest BCUT2D eigenvalue weighted by Gasteiger charge is 2.26. The summed E-state index contributed by atoms with van der Waals surface area (Å²) in [6, 6.07) is 18.2. The van der Waals surface area contributed by atoms with Gasteiger partial charge in [-0.1, -0.05) is 41.9 Å². The molecule has 3 aromatic rings. The summed E-state index contributed by atoms with van der Waals surface area (Å²) in [5.41, 5.74) is 3.75. The zero-order valence-corrected chi connectivity index (χ0v) is 17.5. The summed E-state index contributed by atoms with van der Waals surface area (Å²) in [6.45, 7) is 1.69. The molecule has 7 heteroatoms. The van der Waals surface area contributed by atoms with Crippen LogP contribution in [-0.4, -0.2) is 24.1 Å². The molecular formula is C24H19ClFN3O2. The van der Waals surface area contributed by atoms with Crippen LogP contribution in [0.2, 0.25) is 5.02 Å². The second-order valence-electron chi connectivity index (χ2n) is 7.22. The molecule has 0 saturated carbocycles. The van der Waals surface area contributed by atoms with Gasteiger partial charge in [-0.05, 0) is 54.4 Å². The van der Waals surface area contributed by atoms with Crippen molar-refractivity contribution in [3.05, 3.63) is 88.7 Å². The smallest absolute Gasteiger partial charge is 0.244 e. The molecule has 0 aliphatic carbocycles. The van der Waals surface area contributed by atoms with E-state index >= 15 is 0 Å². The minimum Gasteiger partial charge on any atom is -0.324 e. The fourth-order valence-electron chi connectivity index (χ4n) is 3.39. The first-order valence-electron chi connectivity index (χ1n) is 9.69. The Morgan fingerprint density at radius 1 is 1.13 bits per heavy atom. The molecule has 3 aromatic carbocycles. The summed E-state index contributed by atoms with van der Waals surface area (Å²) in [4.78, 5) is 31.9. The van der Waals surface area contributed by atoms with E-state index in [9.17, 15) is 14.0 Å². The molecule has 0 aromatic heterocycles. The summed E-state index contributed by atoms with van der Waals surface area (Å²) in [5, 5.41) is 3.33. The van der Waals surface area contributed by atoms with Crippen LogP contribution in [0.4, 0.5) is 21.5 Å². The molecule has 0 radical (unpaired) electrons. The molecular weight excluding hydrogens is 417 g/mol. The summed E-state index contributed by atoms with van der Waals surface area (Å²) >= 11 is 6.03. The lowest BCUT2D eigenvalue weighted by atomic mass is 10.1. The van der Waals surface area contributed by atoms with Gasteiger partial charge in [-0.25, -0.2) is 4.39 Å². The van der Waals surface area contributed by atoms with Crippen molar-refractivity contribution in [3.63, 3.8) is 0 Å². The van der Waals surface area contributed by atoms with Crippen LogP contribution in [0.3, 0.4) is 0 Å². The van der Waals surface area contributed by atoms with Crippen LogP contribution in [0.15, 0.2) is 71.7 Å². The molecule has 1 N–H and O–H groups in total. The number of carbonyl (C=O) groups is 2. The Morgan fingerprint density at radius 3 is 2.65 bits per heavy atom. The van der Waals surface area contributed by atoms with Crippen molar-refractivity contribution in [3.8, 4) is 0 Å². The van der Waals surface area contributed by atoms with Crippen molar-refractivity contribution in [1.82, 2.24) is 0 Å². The normalized spacial score (nSPS) is 13.3. The summed E-state index contributed by atoms with van der Waals surface area (Å²) in [6.07, 6.45) is -0.0101. The fourth-order valence-corrected chi connectivity index (χ4v) is 3.56. The Balaban J connectivity index is 1.61. The number of benzene rings is 3. The number of fused-ring (bicyclic) bond motifs is 1. The van der Waals surface area contributed by atoms with E-state index in [2.05, 4.69) is 10.3 Å². The number of aryl methyl sites for hydroxylation is 1. The number of nitrogens with zero attached hydrogens (tertiary/aromatic N) is 2. The number of nitrogens with one attached hydrogen (secondary N) is 1. The Kier molecular flexibility index (Phi) is 5.82. The molecule has 31 heavy (non-hydrogen) atoms. The Hall–Kier alpha value is -3.51. The molecule has 4 rings (SSSR count). The molecule has 5 nitrogen and oxygen atoms in total. The van der Waals surface area contributed by atoms with Crippen molar-refractivity contribution >= 4 is 46.2 Å². The number of anilines is 2. The van der Waals surface area contributed by atoms with E-state index in [0.29, 0.717) is 33.4 Å². The van der Waals surface area contributed by atoms with Gasteiger partial charge in [-0.3, -0.25) is 14.6 Å². The third-order valence-electron chi connectivity index (χ3n) is 5.00. The maximum absolute atomic E-state index is 13.3. The standard InChI is InChI=1S/C24H19ClFN3O2/c1-15-6-9-17(25)12-20(15)28-23(30)14-29-22-5-3-2-4-19(22)27-21(13-24(29)31)16-7-10-18(26)11-8-16/h2-12H,13-14H2,1H3,(H,28,30). The molecule has 0 spiro atoms. The van der Waals surface area contributed by atoms with Gasteiger partial charge in [-0.15, -0.1) is 0 Å². The molecule has 0 saturated heterocycles. The maximum Gasteiger partial charge on any atom is 0.244 e. The lowest BCUT2D eigenvalue weighted by Gasteiger charge is -2.22. The largest absolute Gasteiger partial charge is 0.324 e. The van der Waals surface area contributed by atoms with Crippen molar-refractivity contribution in [2.45, 2.75) is 13.3 Å². The van der Waals surface area contributed by atoms with Gasteiger partial charge >= 0.3 is 0 Å². The van der Waals surface area contributed by atoms with Crippen molar-refractivity contribution in [1.29, 1.82) is 0 Å². The number of amides is 2. The van der Waals surface area contributed by atoms with Gasteiger partial charge in [0.05, 0.1) is 23.5 Å². The van der Waals surface area contributed by atoms with E-state index in [-0.39, 0.29) is 30.6 Å². The monoisotopic (exact) mass is 435 g/mol. The maximum atomic E-state index is 13.3. The Labute approximate surface area is 184 Å². The third kappa shape index (κ3) is 4.64. The quantitative estimate of drug-likeness (QED) is 0.605. The number of rotatable bonds is 4. The number of para-hydroxylation sites is 2. The lowest BCUT2D eigenvalue weighted by Crippen LogP contribution is -2.38. The minimum absolute atomic E-state index is 0.0101. The van der Waals surface area contributed by atoms with E-state index < -0.39 is 0 Å². The zero-order valence-electron chi connectivity index (χ0n) is 16.7. The lowest BCUT2D eigenvalue weighted by molar-refractivity contribution is -0.120. The van der Waals surface area contributed by atoms with E-state index in [4.69, 9.17) is 11.6 Å². The highest BCUT2D eigenvalue weighted by Crippen LogP contribution is 2.33. The molecule has 1 aliphatic rings. The molecule has 0 bridgehead atoms. The van der Waals surface area contributed by atoms with Gasteiger partial charge in [0.2, 0.25) is 11.8 Å². The van der Waals surface area contributed by atoms with Crippen molar-refractivity contribution in [2.75, 3.05) is 16.8 Å². The number of carbonyl (C=O) groups excluding carboxylic acids is 2. The van der Waals surface area contributed by atoms with Crippen LogP contribution in [0.1, 0.15) is 17.5 Å². The molecule has 2 amide bonds.